The summed E-state index contributed by atoms with van der Waals surface area (Å²) in [6.45, 7) is 2.97. The summed E-state index contributed by atoms with van der Waals surface area (Å²) in [5.74, 6) is 0.272. The number of carbonyl (C=O) groups excluding carboxylic acids is 2. The van der Waals surface area contributed by atoms with Crippen molar-refractivity contribution in [1.82, 2.24) is 19.8 Å². The molecule has 6 heteroatoms. The second kappa shape index (κ2) is 8.59. The number of amides is 2. The first-order valence-electron chi connectivity index (χ1n) is 10.4. The Kier molecular flexibility index (Phi) is 5.74. The third kappa shape index (κ3) is 3.96. The second-order valence-electron chi connectivity index (χ2n) is 7.68. The maximum Gasteiger partial charge on any atom is 0.289 e. The summed E-state index contributed by atoms with van der Waals surface area (Å²) in [4.78, 5) is 32.1. The fraction of sp³-hybridized carbons (Fsp3) is 0.500. The molecule has 28 heavy (non-hydrogen) atoms. The van der Waals surface area contributed by atoms with Crippen LogP contribution >= 0.6 is 0 Å². The predicted molar refractivity (Wildman–Crippen MR) is 107 cm³/mol. The molecule has 0 atom stereocenters. The normalized spacial score (nSPS) is 16.1. The van der Waals surface area contributed by atoms with Gasteiger partial charge < -0.3 is 14.8 Å². The van der Waals surface area contributed by atoms with Crippen molar-refractivity contribution in [2.75, 3.05) is 19.6 Å². The number of carbonyl (C=O) groups is 2. The molecule has 2 aliphatic heterocycles. The molecule has 4 rings (SSSR count). The van der Waals surface area contributed by atoms with Gasteiger partial charge in [-0.25, -0.2) is 4.98 Å². The number of aromatic nitrogens is 2. The minimum atomic E-state index is -0.154. The van der Waals surface area contributed by atoms with Gasteiger partial charge in [0.05, 0.1) is 5.69 Å². The number of nitrogens with one attached hydrogen (secondary N) is 1. The number of rotatable bonds is 6. The molecule has 1 aromatic carbocycles. The predicted octanol–water partition coefficient (Wildman–Crippen LogP) is 2.82. The minimum absolute atomic E-state index is 0.0243. The number of nitrogens with zero attached hydrogens (tertiary/aromatic N) is 3. The molecule has 2 amide bonds. The van der Waals surface area contributed by atoms with Crippen LogP contribution in [-0.2, 0) is 19.4 Å². The molecular weight excluding hydrogens is 352 g/mol. The molecule has 148 valence electrons. The van der Waals surface area contributed by atoms with Gasteiger partial charge in [0.1, 0.15) is 5.69 Å². The average molecular weight is 380 g/mol. The van der Waals surface area contributed by atoms with E-state index in [0.717, 1.165) is 70.3 Å². The van der Waals surface area contributed by atoms with Gasteiger partial charge in [-0.05, 0) is 50.5 Å². The van der Waals surface area contributed by atoms with Gasteiger partial charge in [0.15, 0.2) is 5.82 Å². The third-order valence-electron chi connectivity index (χ3n) is 5.69. The van der Waals surface area contributed by atoms with Crippen molar-refractivity contribution in [3.8, 4) is 0 Å². The number of hydrogen-bond donors (Lipinski definition) is 1. The Bertz CT molecular complexity index is 838. The van der Waals surface area contributed by atoms with Crippen molar-refractivity contribution in [3.05, 3.63) is 53.1 Å². The molecule has 1 saturated heterocycles. The SMILES string of the molecule is O=C(NCCCc1ccccc1)c1nc(C(=O)N2CCCC2)n2c1CCCC2. The number of benzene rings is 1. The number of likely N-dealkylation sites (tertiary alicyclic amines) is 1. The monoisotopic (exact) mass is 380 g/mol. The van der Waals surface area contributed by atoms with Crippen molar-refractivity contribution in [2.45, 2.75) is 51.5 Å². The van der Waals surface area contributed by atoms with Crippen LogP contribution in [0.2, 0.25) is 0 Å². The minimum Gasteiger partial charge on any atom is -0.351 e. The number of imidazole rings is 1. The highest BCUT2D eigenvalue weighted by molar-refractivity contribution is 5.97. The lowest BCUT2D eigenvalue weighted by Crippen LogP contribution is -2.31. The molecule has 0 saturated carbocycles. The lowest BCUT2D eigenvalue weighted by molar-refractivity contribution is 0.0774. The quantitative estimate of drug-likeness (QED) is 0.784. The summed E-state index contributed by atoms with van der Waals surface area (Å²) in [6.07, 6.45) is 6.79. The van der Waals surface area contributed by atoms with Crippen LogP contribution in [0.4, 0.5) is 0 Å². The Labute approximate surface area is 165 Å². The Morgan fingerprint density at radius 3 is 2.54 bits per heavy atom. The van der Waals surface area contributed by atoms with E-state index in [4.69, 9.17) is 0 Å². The maximum atomic E-state index is 12.9. The van der Waals surface area contributed by atoms with Gasteiger partial charge in [0.25, 0.3) is 11.8 Å². The molecular formula is C22H28N4O2. The van der Waals surface area contributed by atoms with Gasteiger partial charge in [-0.1, -0.05) is 30.3 Å². The van der Waals surface area contributed by atoms with E-state index < -0.39 is 0 Å². The molecule has 1 fully saturated rings. The van der Waals surface area contributed by atoms with E-state index in [2.05, 4.69) is 22.4 Å². The molecule has 2 aliphatic rings. The molecule has 0 radical (unpaired) electrons. The second-order valence-corrected chi connectivity index (χ2v) is 7.68. The Morgan fingerprint density at radius 2 is 1.75 bits per heavy atom. The highest BCUT2D eigenvalue weighted by Crippen LogP contribution is 2.23. The standard InChI is InChI=1S/C22H28N4O2/c27-21(23-13-8-11-17-9-2-1-3-10-17)19-18-12-4-5-16-26(18)20(24-19)22(28)25-14-6-7-15-25/h1-3,9-10H,4-8,11-16H2,(H,23,27). The van der Waals surface area contributed by atoms with Gasteiger partial charge in [0, 0.05) is 26.2 Å². The molecule has 0 bridgehead atoms. The summed E-state index contributed by atoms with van der Waals surface area (Å²) in [5, 5.41) is 3.00. The van der Waals surface area contributed by atoms with Crippen molar-refractivity contribution < 1.29 is 9.59 Å². The topological polar surface area (TPSA) is 67.2 Å². The molecule has 3 heterocycles. The lowest BCUT2D eigenvalue weighted by atomic mass is 10.1. The molecule has 0 spiro atoms. The van der Waals surface area contributed by atoms with Gasteiger partial charge in [-0.15, -0.1) is 0 Å². The summed E-state index contributed by atoms with van der Waals surface area (Å²) < 4.78 is 1.99. The summed E-state index contributed by atoms with van der Waals surface area (Å²) in [5.41, 5.74) is 2.64. The van der Waals surface area contributed by atoms with Crippen molar-refractivity contribution in [3.63, 3.8) is 0 Å². The number of aryl methyl sites for hydroxylation is 1. The van der Waals surface area contributed by atoms with E-state index in [0.29, 0.717) is 18.1 Å². The van der Waals surface area contributed by atoms with Crippen molar-refractivity contribution >= 4 is 11.8 Å². The number of fused-ring (bicyclic) bond motifs is 1. The largest absolute Gasteiger partial charge is 0.351 e. The van der Waals surface area contributed by atoms with Gasteiger partial charge in [0.2, 0.25) is 0 Å². The van der Waals surface area contributed by atoms with Gasteiger partial charge in [-0.2, -0.15) is 0 Å². The summed E-state index contributed by atoms with van der Waals surface area (Å²) >= 11 is 0. The van der Waals surface area contributed by atoms with E-state index in [1.54, 1.807) is 0 Å². The Hall–Kier alpha value is -2.63. The fourth-order valence-electron chi connectivity index (χ4n) is 4.17. The Balaban J connectivity index is 1.43. The van der Waals surface area contributed by atoms with E-state index in [9.17, 15) is 9.59 Å². The average Bonchev–Trinajstić information content (AvgIpc) is 3.40. The van der Waals surface area contributed by atoms with Crippen LogP contribution in [0.25, 0.3) is 0 Å². The van der Waals surface area contributed by atoms with Crippen LogP contribution in [0, 0.1) is 0 Å². The van der Waals surface area contributed by atoms with E-state index in [-0.39, 0.29) is 11.8 Å². The molecule has 1 aromatic heterocycles. The molecule has 6 nitrogen and oxygen atoms in total. The first kappa shape index (κ1) is 18.7. The smallest absolute Gasteiger partial charge is 0.289 e. The Morgan fingerprint density at radius 1 is 1.00 bits per heavy atom. The van der Waals surface area contributed by atoms with Crippen LogP contribution in [0.5, 0.6) is 0 Å². The highest BCUT2D eigenvalue weighted by Gasteiger charge is 2.30. The molecule has 0 unspecified atom stereocenters. The zero-order valence-corrected chi connectivity index (χ0v) is 16.3. The number of hydrogen-bond acceptors (Lipinski definition) is 3. The third-order valence-corrected chi connectivity index (χ3v) is 5.69. The van der Waals surface area contributed by atoms with Crippen LogP contribution < -0.4 is 5.32 Å². The van der Waals surface area contributed by atoms with E-state index >= 15 is 0 Å². The van der Waals surface area contributed by atoms with Crippen LogP contribution in [-0.4, -0.2) is 45.9 Å². The summed E-state index contributed by atoms with van der Waals surface area (Å²) in [7, 11) is 0. The fourth-order valence-corrected chi connectivity index (χ4v) is 4.17. The van der Waals surface area contributed by atoms with Crippen molar-refractivity contribution in [2.24, 2.45) is 0 Å². The summed E-state index contributed by atoms with van der Waals surface area (Å²) in [6, 6.07) is 10.3. The van der Waals surface area contributed by atoms with Crippen molar-refractivity contribution in [1.29, 1.82) is 0 Å². The van der Waals surface area contributed by atoms with E-state index in [1.807, 2.05) is 27.7 Å². The molecule has 2 aromatic rings. The van der Waals surface area contributed by atoms with Crippen LogP contribution in [0.3, 0.4) is 0 Å². The molecule has 0 aliphatic carbocycles. The van der Waals surface area contributed by atoms with Gasteiger partial charge in [-0.3, -0.25) is 9.59 Å². The highest BCUT2D eigenvalue weighted by atomic mass is 16.2. The maximum absolute atomic E-state index is 12.9. The zero-order chi connectivity index (χ0) is 19.3. The lowest BCUT2D eigenvalue weighted by Gasteiger charge is -2.19. The molecule has 1 N–H and O–H groups in total. The van der Waals surface area contributed by atoms with Crippen LogP contribution in [0.1, 0.15) is 64.5 Å². The first-order chi connectivity index (χ1) is 13.7. The van der Waals surface area contributed by atoms with Crippen LogP contribution in [0.15, 0.2) is 30.3 Å². The van der Waals surface area contributed by atoms with Gasteiger partial charge >= 0.3 is 0 Å². The van der Waals surface area contributed by atoms with E-state index in [1.165, 1.54) is 5.56 Å². The first-order valence-corrected chi connectivity index (χ1v) is 10.4. The zero-order valence-electron chi connectivity index (χ0n) is 16.3.